The Morgan fingerprint density at radius 2 is 1.97 bits per heavy atom. The van der Waals surface area contributed by atoms with Gasteiger partial charge >= 0.3 is 0 Å². The molecule has 2 aliphatic carbocycles. The molecule has 1 saturated heterocycles. The minimum Gasteiger partial charge on any atom is -0.391 e. The Morgan fingerprint density at radius 3 is 2.56 bits per heavy atom. The fraction of sp³-hybridized carbons (Fsp3) is 0.708. The SMILES string of the molecule is Cc1csc(C(NC(=O)[C@@H]2C[C@@H](O)CN2C(=O)[C@@H](n2cc(C3CC3)nn2)C(C)(C)C)C2CC2)n1. The average molecular weight is 487 g/mol. The van der Waals surface area contributed by atoms with Crippen LogP contribution in [0.5, 0.6) is 0 Å². The van der Waals surface area contributed by atoms with Crippen molar-refractivity contribution < 1.29 is 14.7 Å². The number of amides is 2. The van der Waals surface area contributed by atoms with Crippen LogP contribution >= 0.6 is 11.3 Å². The second-order valence-corrected chi connectivity index (χ2v) is 12.1. The zero-order chi connectivity index (χ0) is 24.2. The van der Waals surface area contributed by atoms with E-state index in [0.717, 1.165) is 42.1 Å². The topological polar surface area (TPSA) is 113 Å². The van der Waals surface area contributed by atoms with Gasteiger partial charge in [-0.3, -0.25) is 9.59 Å². The number of nitrogens with zero attached hydrogens (tertiary/aromatic N) is 5. The van der Waals surface area contributed by atoms with Crippen LogP contribution in [0.25, 0.3) is 0 Å². The molecule has 1 unspecified atom stereocenters. The molecule has 3 heterocycles. The summed E-state index contributed by atoms with van der Waals surface area (Å²) in [5.74, 6) is 0.387. The second-order valence-electron chi connectivity index (χ2n) is 11.2. The van der Waals surface area contributed by atoms with Crippen molar-refractivity contribution in [2.24, 2.45) is 11.3 Å². The highest BCUT2D eigenvalue weighted by Crippen LogP contribution is 2.43. The summed E-state index contributed by atoms with van der Waals surface area (Å²) in [7, 11) is 0. The Bertz CT molecular complexity index is 1070. The number of hydrogen-bond acceptors (Lipinski definition) is 7. The molecule has 1 aliphatic heterocycles. The molecule has 2 saturated carbocycles. The normalized spacial score (nSPS) is 24.8. The molecule has 0 radical (unpaired) electrons. The van der Waals surface area contributed by atoms with Gasteiger partial charge in [-0.05, 0) is 43.9 Å². The van der Waals surface area contributed by atoms with Gasteiger partial charge < -0.3 is 15.3 Å². The molecule has 2 N–H and O–H groups in total. The van der Waals surface area contributed by atoms with Crippen LogP contribution in [0.3, 0.4) is 0 Å². The van der Waals surface area contributed by atoms with Crippen molar-refractivity contribution in [3.63, 3.8) is 0 Å². The molecule has 184 valence electrons. The summed E-state index contributed by atoms with van der Waals surface area (Å²) < 4.78 is 1.65. The average Bonchev–Trinajstić information content (AvgIpc) is 3.66. The number of aromatic nitrogens is 4. The van der Waals surface area contributed by atoms with Crippen molar-refractivity contribution in [2.75, 3.05) is 6.54 Å². The lowest BCUT2D eigenvalue weighted by atomic mass is 9.85. The zero-order valence-corrected chi connectivity index (χ0v) is 21.1. The Morgan fingerprint density at radius 1 is 1.24 bits per heavy atom. The number of β-amino-alcohol motifs (C(OH)–C–C–N with tert-alkyl or cyclic N) is 1. The van der Waals surface area contributed by atoms with Gasteiger partial charge in [-0.15, -0.1) is 16.4 Å². The van der Waals surface area contributed by atoms with E-state index in [1.54, 1.807) is 20.9 Å². The predicted octanol–water partition coefficient (Wildman–Crippen LogP) is 2.74. The van der Waals surface area contributed by atoms with Gasteiger partial charge in [0.1, 0.15) is 17.1 Å². The summed E-state index contributed by atoms with van der Waals surface area (Å²) in [5.41, 5.74) is 1.41. The van der Waals surface area contributed by atoms with Gasteiger partial charge in [-0.25, -0.2) is 9.67 Å². The van der Waals surface area contributed by atoms with Crippen LogP contribution in [-0.2, 0) is 9.59 Å². The molecule has 0 aromatic carbocycles. The van der Waals surface area contributed by atoms with Gasteiger partial charge in [0, 0.05) is 36.2 Å². The van der Waals surface area contributed by atoms with E-state index in [0.29, 0.717) is 11.8 Å². The number of carbonyl (C=O) groups excluding carboxylic acids is 2. The first-order valence-electron chi connectivity index (χ1n) is 12.2. The van der Waals surface area contributed by atoms with Crippen LogP contribution in [0, 0.1) is 18.3 Å². The van der Waals surface area contributed by atoms with Gasteiger partial charge in [-0.2, -0.15) is 0 Å². The molecule has 9 nitrogen and oxygen atoms in total. The molecule has 2 amide bonds. The molecule has 3 aliphatic rings. The van der Waals surface area contributed by atoms with E-state index in [-0.39, 0.29) is 30.8 Å². The number of rotatable bonds is 7. The summed E-state index contributed by atoms with van der Waals surface area (Å²) in [6.07, 6.45) is 5.69. The van der Waals surface area contributed by atoms with Gasteiger partial charge in [0.15, 0.2) is 0 Å². The van der Waals surface area contributed by atoms with E-state index in [4.69, 9.17) is 0 Å². The highest BCUT2D eigenvalue weighted by atomic mass is 32.1. The van der Waals surface area contributed by atoms with Crippen LogP contribution in [-0.4, -0.2) is 60.5 Å². The van der Waals surface area contributed by atoms with E-state index in [2.05, 4.69) is 20.6 Å². The van der Waals surface area contributed by atoms with Crippen molar-refractivity contribution in [1.29, 1.82) is 0 Å². The van der Waals surface area contributed by atoms with Crippen molar-refractivity contribution in [2.45, 2.75) is 89.9 Å². The summed E-state index contributed by atoms with van der Waals surface area (Å²) in [4.78, 5) is 33.5. The lowest BCUT2D eigenvalue weighted by Gasteiger charge is -2.35. The first-order chi connectivity index (χ1) is 16.1. The number of aryl methyl sites for hydroxylation is 1. The standard InChI is InChI=1S/C24H34N6O3S/c1-13-12-34-22(25-13)19(15-7-8-15)26-21(32)18-9-16(31)10-29(18)23(33)20(24(2,3)4)30-11-17(27-28-30)14-5-6-14/h11-12,14-16,18-20,31H,5-10H2,1-4H3,(H,26,32)/t16-,18+,19?,20-/m1/s1. The number of aliphatic hydroxyl groups excluding tert-OH is 1. The maximum absolute atomic E-state index is 13.9. The Labute approximate surface area is 203 Å². The van der Waals surface area contributed by atoms with Crippen molar-refractivity contribution >= 4 is 23.2 Å². The lowest BCUT2D eigenvalue weighted by molar-refractivity contribution is -0.144. The highest BCUT2D eigenvalue weighted by Gasteiger charge is 2.46. The first kappa shape index (κ1) is 23.4. The van der Waals surface area contributed by atoms with Crippen LogP contribution in [0.4, 0.5) is 0 Å². The third kappa shape index (κ3) is 4.75. The molecule has 2 aromatic rings. The Kier molecular flexibility index (Phi) is 6.00. The molecule has 34 heavy (non-hydrogen) atoms. The van der Waals surface area contributed by atoms with Crippen LogP contribution in [0.2, 0.25) is 0 Å². The highest BCUT2D eigenvalue weighted by molar-refractivity contribution is 7.09. The molecular formula is C24H34N6O3S. The molecule has 5 rings (SSSR count). The first-order valence-corrected chi connectivity index (χ1v) is 13.1. The van der Waals surface area contributed by atoms with Crippen molar-refractivity contribution in [3.05, 3.63) is 28.0 Å². The minimum absolute atomic E-state index is 0.137. The largest absolute Gasteiger partial charge is 0.391 e. The predicted molar refractivity (Wildman–Crippen MR) is 127 cm³/mol. The second kappa shape index (κ2) is 8.71. The Hall–Kier alpha value is -2.33. The number of aliphatic hydroxyl groups is 1. The monoisotopic (exact) mass is 486 g/mol. The number of carbonyl (C=O) groups is 2. The summed E-state index contributed by atoms with van der Waals surface area (Å²) in [5, 5.41) is 25.1. The van der Waals surface area contributed by atoms with Crippen LogP contribution < -0.4 is 5.32 Å². The maximum Gasteiger partial charge on any atom is 0.248 e. The lowest BCUT2D eigenvalue weighted by Crippen LogP contribution is -2.51. The molecule has 2 aromatic heterocycles. The molecule has 0 spiro atoms. The molecule has 3 fully saturated rings. The molecule has 4 atom stereocenters. The van der Waals surface area contributed by atoms with Crippen molar-refractivity contribution in [1.82, 2.24) is 30.2 Å². The number of thiazole rings is 1. The molecule has 0 bridgehead atoms. The van der Waals surface area contributed by atoms with Crippen LogP contribution in [0.15, 0.2) is 11.6 Å². The van der Waals surface area contributed by atoms with Gasteiger partial charge in [0.05, 0.1) is 17.8 Å². The van der Waals surface area contributed by atoms with E-state index in [1.165, 1.54) is 0 Å². The third-order valence-electron chi connectivity index (χ3n) is 7.00. The van der Waals surface area contributed by atoms with Crippen LogP contribution in [0.1, 0.15) is 87.3 Å². The Balaban J connectivity index is 1.37. The maximum atomic E-state index is 13.9. The smallest absolute Gasteiger partial charge is 0.248 e. The molecular weight excluding hydrogens is 452 g/mol. The number of hydrogen-bond donors (Lipinski definition) is 2. The van der Waals surface area contributed by atoms with E-state index in [1.807, 2.05) is 39.3 Å². The van der Waals surface area contributed by atoms with E-state index in [9.17, 15) is 14.7 Å². The fourth-order valence-electron chi connectivity index (χ4n) is 4.90. The van der Waals surface area contributed by atoms with Gasteiger partial charge in [0.25, 0.3) is 0 Å². The minimum atomic E-state index is -0.737. The summed E-state index contributed by atoms with van der Waals surface area (Å²) in [6, 6.07) is -1.48. The van der Waals surface area contributed by atoms with Gasteiger partial charge in [-0.1, -0.05) is 26.0 Å². The van der Waals surface area contributed by atoms with Gasteiger partial charge in [0.2, 0.25) is 11.8 Å². The third-order valence-corrected chi connectivity index (χ3v) is 8.05. The zero-order valence-electron chi connectivity index (χ0n) is 20.3. The number of nitrogens with one attached hydrogen (secondary N) is 1. The molecule has 10 heteroatoms. The quantitative estimate of drug-likeness (QED) is 0.622. The fourth-order valence-corrected chi connectivity index (χ4v) is 5.84. The van der Waals surface area contributed by atoms with Crippen molar-refractivity contribution in [3.8, 4) is 0 Å². The summed E-state index contributed by atoms with van der Waals surface area (Å²) in [6.45, 7) is 8.06. The van der Waals surface area contributed by atoms with E-state index >= 15 is 0 Å². The van der Waals surface area contributed by atoms with E-state index < -0.39 is 23.6 Å². The number of likely N-dealkylation sites (tertiary alicyclic amines) is 1. The summed E-state index contributed by atoms with van der Waals surface area (Å²) >= 11 is 1.56.